The Bertz CT molecular complexity index is 802. The fourth-order valence-electron chi connectivity index (χ4n) is 2.21. The SMILES string of the molecule is Cc1cc2nccc(SCCNC(=O)OC(C)(C)C)c2cc1[N+](=O)[O-]. The number of nitrogens with one attached hydrogen (secondary N) is 1. The van der Waals surface area contributed by atoms with E-state index >= 15 is 0 Å². The van der Waals surface area contributed by atoms with Gasteiger partial charge in [-0.05, 0) is 39.8 Å². The van der Waals surface area contributed by atoms with Gasteiger partial charge in [-0.25, -0.2) is 4.79 Å². The maximum atomic E-state index is 11.6. The molecule has 2 aromatic rings. The molecule has 0 saturated carbocycles. The third kappa shape index (κ3) is 5.32. The molecule has 0 aliphatic heterocycles. The van der Waals surface area contributed by atoms with Gasteiger partial charge in [0.1, 0.15) is 5.60 Å². The van der Waals surface area contributed by atoms with Gasteiger partial charge in [0.15, 0.2) is 0 Å². The number of pyridine rings is 1. The third-order valence-electron chi connectivity index (χ3n) is 3.24. The van der Waals surface area contributed by atoms with Gasteiger partial charge in [-0.2, -0.15) is 0 Å². The van der Waals surface area contributed by atoms with Crippen molar-refractivity contribution in [1.29, 1.82) is 0 Å². The molecule has 134 valence electrons. The molecule has 2 rings (SSSR count). The number of fused-ring (bicyclic) bond motifs is 1. The zero-order valence-electron chi connectivity index (χ0n) is 14.7. The summed E-state index contributed by atoms with van der Waals surface area (Å²) in [5, 5.41) is 14.6. The lowest BCUT2D eigenvalue weighted by Crippen LogP contribution is -2.33. The van der Waals surface area contributed by atoms with Crippen molar-refractivity contribution >= 4 is 34.4 Å². The molecule has 1 N–H and O–H groups in total. The number of amides is 1. The number of aromatic nitrogens is 1. The summed E-state index contributed by atoms with van der Waals surface area (Å²) in [6.07, 6.45) is 1.22. The van der Waals surface area contributed by atoms with E-state index < -0.39 is 11.7 Å². The van der Waals surface area contributed by atoms with Crippen LogP contribution in [-0.4, -0.2) is 33.9 Å². The van der Waals surface area contributed by atoms with E-state index in [4.69, 9.17) is 4.74 Å². The van der Waals surface area contributed by atoms with Crippen LogP contribution in [0.25, 0.3) is 10.9 Å². The van der Waals surface area contributed by atoms with E-state index in [0.29, 0.717) is 23.4 Å². The zero-order valence-corrected chi connectivity index (χ0v) is 15.5. The average Bonchev–Trinajstić information content (AvgIpc) is 2.48. The van der Waals surface area contributed by atoms with Crippen LogP contribution in [0.2, 0.25) is 0 Å². The number of hydrogen-bond donors (Lipinski definition) is 1. The summed E-state index contributed by atoms with van der Waals surface area (Å²) in [5.41, 5.74) is 0.844. The number of carbonyl (C=O) groups excluding carboxylic acids is 1. The average molecular weight is 363 g/mol. The number of carbonyl (C=O) groups is 1. The van der Waals surface area contributed by atoms with Gasteiger partial charge < -0.3 is 10.1 Å². The van der Waals surface area contributed by atoms with Crippen molar-refractivity contribution < 1.29 is 14.5 Å². The number of nitro groups is 1. The first-order valence-corrected chi connectivity index (χ1v) is 8.79. The second kappa shape index (κ2) is 7.69. The van der Waals surface area contributed by atoms with Crippen molar-refractivity contribution in [2.45, 2.75) is 38.2 Å². The molecule has 1 aromatic carbocycles. The van der Waals surface area contributed by atoms with Crippen LogP contribution in [0.1, 0.15) is 26.3 Å². The molecule has 0 radical (unpaired) electrons. The molecular formula is C17H21N3O4S. The standard InChI is InChI=1S/C17H21N3O4S/c1-11-9-13-12(10-14(11)20(22)23)15(5-6-18-13)25-8-7-19-16(21)24-17(2,3)4/h5-6,9-10H,7-8H2,1-4H3,(H,19,21). The summed E-state index contributed by atoms with van der Waals surface area (Å²) in [7, 11) is 0. The highest BCUT2D eigenvalue weighted by Gasteiger charge is 2.16. The lowest BCUT2D eigenvalue weighted by atomic mass is 10.1. The quantitative estimate of drug-likeness (QED) is 0.372. The van der Waals surface area contributed by atoms with Crippen molar-refractivity contribution in [3.8, 4) is 0 Å². The van der Waals surface area contributed by atoms with Crippen LogP contribution in [0.15, 0.2) is 29.3 Å². The molecule has 1 heterocycles. The number of benzene rings is 1. The Labute approximate surface area is 150 Å². The van der Waals surface area contributed by atoms with Crippen LogP contribution in [0, 0.1) is 17.0 Å². The summed E-state index contributed by atoms with van der Waals surface area (Å²) in [6, 6.07) is 5.09. The fourth-order valence-corrected chi connectivity index (χ4v) is 3.11. The highest BCUT2D eigenvalue weighted by atomic mass is 32.2. The summed E-state index contributed by atoms with van der Waals surface area (Å²) in [5.74, 6) is 0.611. The van der Waals surface area contributed by atoms with E-state index in [1.165, 1.54) is 11.8 Å². The van der Waals surface area contributed by atoms with Gasteiger partial charge in [0.2, 0.25) is 0 Å². The topological polar surface area (TPSA) is 94.4 Å². The van der Waals surface area contributed by atoms with Crippen LogP contribution in [0.4, 0.5) is 10.5 Å². The van der Waals surface area contributed by atoms with Gasteiger partial charge in [-0.15, -0.1) is 11.8 Å². The number of nitrogens with zero attached hydrogens (tertiary/aromatic N) is 2. The molecule has 0 aliphatic carbocycles. The molecule has 0 fully saturated rings. The molecule has 8 heteroatoms. The van der Waals surface area contributed by atoms with E-state index in [9.17, 15) is 14.9 Å². The summed E-state index contributed by atoms with van der Waals surface area (Å²) >= 11 is 1.50. The second-order valence-electron chi connectivity index (χ2n) is 6.50. The van der Waals surface area contributed by atoms with Crippen molar-refractivity contribution in [1.82, 2.24) is 10.3 Å². The molecule has 1 amide bonds. The molecule has 0 unspecified atom stereocenters. The molecule has 0 aliphatic rings. The number of ether oxygens (including phenoxy) is 1. The first kappa shape index (κ1) is 19.0. The van der Waals surface area contributed by atoms with E-state index in [2.05, 4.69) is 10.3 Å². The van der Waals surface area contributed by atoms with Gasteiger partial charge in [0.05, 0.1) is 10.4 Å². The zero-order chi connectivity index (χ0) is 18.6. The predicted molar refractivity (Wildman–Crippen MR) is 98.1 cm³/mol. The van der Waals surface area contributed by atoms with E-state index in [-0.39, 0.29) is 10.6 Å². The Morgan fingerprint density at radius 2 is 2.12 bits per heavy atom. The van der Waals surface area contributed by atoms with Crippen molar-refractivity contribution in [2.75, 3.05) is 12.3 Å². The van der Waals surface area contributed by atoms with Crippen LogP contribution in [0.3, 0.4) is 0 Å². The minimum Gasteiger partial charge on any atom is -0.444 e. The minimum atomic E-state index is -0.532. The van der Waals surface area contributed by atoms with Gasteiger partial charge in [0.25, 0.3) is 5.69 Å². The first-order valence-electron chi connectivity index (χ1n) is 7.81. The highest BCUT2D eigenvalue weighted by Crippen LogP contribution is 2.31. The summed E-state index contributed by atoms with van der Waals surface area (Å²) in [6.45, 7) is 7.54. The molecule has 0 bridgehead atoms. The lowest BCUT2D eigenvalue weighted by Gasteiger charge is -2.19. The van der Waals surface area contributed by atoms with Crippen LogP contribution in [0.5, 0.6) is 0 Å². The normalized spacial score (nSPS) is 11.4. The van der Waals surface area contributed by atoms with Gasteiger partial charge in [0, 0.05) is 40.4 Å². The molecule has 0 spiro atoms. The maximum Gasteiger partial charge on any atom is 0.407 e. The van der Waals surface area contributed by atoms with Crippen LogP contribution < -0.4 is 5.32 Å². The Kier molecular flexibility index (Phi) is 5.84. The number of aryl methyl sites for hydroxylation is 1. The number of nitro benzene ring substituents is 1. The first-order chi connectivity index (χ1) is 11.7. The van der Waals surface area contributed by atoms with Crippen molar-refractivity contribution in [2.24, 2.45) is 0 Å². The minimum absolute atomic E-state index is 0.0780. The largest absolute Gasteiger partial charge is 0.444 e. The van der Waals surface area contributed by atoms with Gasteiger partial charge in [-0.1, -0.05) is 0 Å². The van der Waals surface area contributed by atoms with Crippen LogP contribution >= 0.6 is 11.8 Å². The Morgan fingerprint density at radius 3 is 2.76 bits per heavy atom. The van der Waals surface area contributed by atoms with E-state index in [1.54, 1.807) is 46.0 Å². The van der Waals surface area contributed by atoms with Gasteiger partial charge >= 0.3 is 6.09 Å². The molecular weight excluding hydrogens is 342 g/mol. The summed E-state index contributed by atoms with van der Waals surface area (Å²) in [4.78, 5) is 27.5. The third-order valence-corrected chi connectivity index (χ3v) is 4.32. The van der Waals surface area contributed by atoms with Crippen molar-refractivity contribution in [3.05, 3.63) is 40.1 Å². The maximum absolute atomic E-state index is 11.6. The fraction of sp³-hybridized carbons (Fsp3) is 0.412. The Hall–Kier alpha value is -2.35. The molecule has 25 heavy (non-hydrogen) atoms. The Balaban J connectivity index is 2.05. The summed E-state index contributed by atoms with van der Waals surface area (Å²) < 4.78 is 5.17. The monoisotopic (exact) mass is 363 g/mol. The molecule has 0 atom stereocenters. The van der Waals surface area contributed by atoms with E-state index in [1.807, 2.05) is 6.07 Å². The number of alkyl carbamates (subject to hydrolysis) is 1. The molecule has 0 saturated heterocycles. The highest BCUT2D eigenvalue weighted by molar-refractivity contribution is 7.99. The Morgan fingerprint density at radius 1 is 1.40 bits per heavy atom. The number of thioether (sulfide) groups is 1. The molecule has 1 aromatic heterocycles. The second-order valence-corrected chi connectivity index (χ2v) is 7.64. The molecule has 7 nitrogen and oxygen atoms in total. The van der Waals surface area contributed by atoms with Crippen molar-refractivity contribution in [3.63, 3.8) is 0 Å². The van der Waals surface area contributed by atoms with Gasteiger partial charge in [-0.3, -0.25) is 15.1 Å². The lowest BCUT2D eigenvalue weighted by molar-refractivity contribution is -0.385. The number of rotatable bonds is 5. The van der Waals surface area contributed by atoms with Crippen LogP contribution in [-0.2, 0) is 4.74 Å². The number of hydrogen-bond acceptors (Lipinski definition) is 6. The predicted octanol–water partition coefficient (Wildman–Crippen LogP) is 4.07. The van der Waals surface area contributed by atoms with E-state index in [0.717, 1.165) is 10.3 Å². The smallest absolute Gasteiger partial charge is 0.407 e.